The molecule has 0 aliphatic heterocycles. The molecule has 0 fully saturated rings. The molecule has 2 aromatic heterocycles. The predicted octanol–water partition coefficient (Wildman–Crippen LogP) is 8.51. The van der Waals surface area contributed by atoms with Crippen molar-refractivity contribution in [2.75, 3.05) is 25.6 Å². The summed E-state index contributed by atoms with van der Waals surface area (Å²) in [5, 5.41) is 6.28. The molecule has 188 valence electrons. The van der Waals surface area contributed by atoms with Gasteiger partial charge >= 0.3 is 0 Å². The van der Waals surface area contributed by atoms with Crippen LogP contribution in [-0.2, 0) is 0 Å². The summed E-state index contributed by atoms with van der Waals surface area (Å²) in [5.41, 5.74) is 3.89. The summed E-state index contributed by atoms with van der Waals surface area (Å²) in [5.74, 6) is 2.75. The molecular formula is C27H22BrN3O3S3. The first-order valence-electron chi connectivity index (χ1n) is 11.4. The van der Waals surface area contributed by atoms with Gasteiger partial charge in [-0.2, -0.15) is 0 Å². The zero-order valence-corrected chi connectivity index (χ0v) is 23.8. The molecule has 0 spiro atoms. The summed E-state index contributed by atoms with van der Waals surface area (Å²) in [6.07, 6.45) is 2.25. The average molecular weight is 613 g/mol. The van der Waals surface area contributed by atoms with Crippen molar-refractivity contribution in [3.63, 3.8) is 0 Å². The molecule has 0 unspecified atom stereocenters. The lowest BCUT2D eigenvalue weighted by atomic mass is 10.1. The van der Waals surface area contributed by atoms with Crippen molar-refractivity contribution >= 4 is 71.2 Å². The second kappa shape index (κ2) is 12.0. The molecule has 1 N–H and O–H groups in total. The number of ether oxygens (including phenoxy) is 3. The Balaban J connectivity index is 1.20. The number of methoxy groups -OCH3 is 1. The van der Waals surface area contributed by atoms with E-state index in [4.69, 9.17) is 26.4 Å². The summed E-state index contributed by atoms with van der Waals surface area (Å²) in [6, 6.07) is 19.7. The highest BCUT2D eigenvalue weighted by molar-refractivity contribution is 9.10. The second-order valence-corrected chi connectivity index (χ2v) is 11.6. The molecule has 0 bridgehead atoms. The van der Waals surface area contributed by atoms with Crippen molar-refractivity contribution in [1.29, 1.82) is 0 Å². The predicted molar refractivity (Wildman–Crippen MR) is 158 cm³/mol. The fraction of sp³-hybridized carbons (Fsp3) is 0.148. The molecule has 5 aromatic rings. The highest BCUT2D eigenvalue weighted by atomic mass is 79.9. The average Bonchev–Trinajstić information content (AvgIpc) is 3.34. The standard InChI is InChI=1S/C27H22BrN3O3S3/c1-32-24-13-21-23(29-16-30-26(21)31-19-5-2-4-18(28)12-19)14-25(24)34-11-3-10-33-20-8-6-17(7-9-20)22-15-36-37-27(22)35/h2,4-9,12-16H,3,10-11H2,1H3,(H,29,30,31). The van der Waals surface area contributed by atoms with Gasteiger partial charge in [0.1, 0.15) is 21.7 Å². The molecule has 0 atom stereocenters. The highest BCUT2D eigenvalue weighted by Gasteiger charge is 2.12. The van der Waals surface area contributed by atoms with Gasteiger partial charge in [-0.1, -0.05) is 67.0 Å². The quantitative estimate of drug-likeness (QED) is 0.0964. The number of nitrogens with one attached hydrogen (secondary N) is 1. The molecule has 37 heavy (non-hydrogen) atoms. The first-order chi connectivity index (χ1) is 18.1. The smallest absolute Gasteiger partial charge is 0.163 e. The summed E-state index contributed by atoms with van der Waals surface area (Å²) >= 11 is 8.88. The Hall–Kier alpha value is -3.05. The van der Waals surface area contributed by atoms with Gasteiger partial charge in [0.15, 0.2) is 11.5 Å². The third-order valence-corrected chi connectivity index (χ3v) is 8.65. The van der Waals surface area contributed by atoms with E-state index in [1.807, 2.05) is 60.7 Å². The SMILES string of the molecule is COc1cc2c(Nc3cccc(Br)c3)ncnc2cc1OCCCOc1ccc(-c2cssc2=S)cc1. The minimum Gasteiger partial charge on any atom is -0.493 e. The summed E-state index contributed by atoms with van der Waals surface area (Å²) in [6.45, 7) is 1.01. The first kappa shape index (κ1) is 25.6. The van der Waals surface area contributed by atoms with Crippen LogP contribution >= 0.6 is 48.8 Å². The van der Waals surface area contributed by atoms with Crippen molar-refractivity contribution in [2.24, 2.45) is 0 Å². The lowest BCUT2D eigenvalue weighted by Gasteiger charge is -2.14. The molecule has 0 aliphatic carbocycles. The monoisotopic (exact) mass is 611 g/mol. The maximum atomic E-state index is 6.03. The molecule has 0 radical (unpaired) electrons. The second-order valence-electron chi connectivity index (χ2n) is 7.95. The van der Waals surface area contributed by atoms with Crippen molar-refractivity contribution in [3.8, 4) is 28.4 Å². The zero-order valence-electron chi connectivity index (χ0n) is 19.8. The fourth-order valence-corrected chi connectivity index (χ4v) is 6.49. The maximum absolute atomic E-state index is 6.03. The molecule has 0 aliphatic rings. The van der Waals surface area contributed by atoms with Crippen LogP contribution in [0.3, 0.4) is 0 Å². The maximum Gasteiger partial charge on any atom is 0.163 e. The Morgan fingerprint density at radius 1 is 0.973 bits per heavy atom. The van der Waals surface area contributed by atoms with Crippen LogP contribution in [0, 0.1) is 3.82 Å². The molecule has 5 rings (SSSR count). The minimum atomic E-state index is 0.476. The Labute approximate surface area is 235 Å². The number of anilines is 2. The minimum absolute atomic E-state index is 0.476. The third-order valence-electron chi connectivity index (χ3n) is 5.50. The number of nitrogens with zero attached hydrogens (tertiary/aromatic N) is 2. The topological polar surface area (TPSA) is 65.5 Å². The number of hydrogen-bond donors (Lipinski definition) is 1. The number of halogens is 1. The van der Waals surface area contributed by atoms with Gasteiger partial charge in [0, 0.05) is 39.0 Å². The van der Waals surface area contributed by atoms with Gasteiger partial charge in [0.25, 0.3) is 0 Å². The first-order valence-corrected chi connectivity index (χ1v) is 14.8. The molecule has 2 heterocycles. The molecule has 6 nitrogen and oxygen atoms in total. The van der Waals surface area contributed by atoms with Crippen molar-refractivity contribution in [1.82, 2.24) is 9.97 Å². The van der Waals surface area contributed by atoms with Gasteiger partial charge in [0.2, 0.25) is 0 Å². The van der Waals surface area contributed by atoms with E-state index in [2.05, 4.69) is 36.6 Å². The van der Waals surface area contributed by atoms with E-state index in [1.165, 1.54) is 6.33 Å². The van der Waals surface area contributed by atoms with E-state index in [-0.39, 0.29) is 0 Å². The number of rotatable bonds is 10. The van der Waals surface area contributed by atoms with Crippen LogP contribution in [-0.4, -0.2) is 30.3 Å². The van der Waals surface area contributed by atoms with Crippen LogP contribution in [0.15, 0.2) is 76.8 Å². The van der Waals surface area contributed by atoms with Crippen molar-refractivity contribution in [3.05, 3.63) is 80.7 Å². The Bertz CT molecular complexity index is 1570. The fourth-order valence-electron chi connectivity index (χ4n) is 3.70. The van der Waals surface area contributed by atoms with Gasteiger partial charge in [-0.3, -0.25) is 0 Å². The van der Waals surface area contributed by atoms with Gasteiger partial charge in [-0.25, -0.2) is 9.97 Å². The summed E-state index contributed by atoms with van der Waals surface area (Å²) in [7, 11) is 4.90. The number of benzene rings is 3. The molecule has 3 aromatic carbocycles. The van der Waals surface area contributed by atoms with Crippen LogP contribution in [0.25, 0.3) is 22.0 Å². The highest BCUT2D eigenvalue weighted by Crippen LogP contribution is 2.35. The Morgan fingerprint density at radius 3 is 2.57 bits per heavy atom. The lowest BCUT2D eigenvalue weighted by Crippen LogP contribution is -2.06. The van der Waals surface area contributed by atoms with E-state index in [0.29, 0.717) is 37.0 Å². The zero-order chi connectivity index (χ0) is 25.6. The molecule has 0 saturated carbocycles. The van der Waals surface area contributed by atoms with E-state index in [9.17, 15) is 0 Å². The largest absolute Gasteiger partial charge is 0.493 e. The van der Waals surface area contributed by atoms with Crippen LogP contribution < -0.4 is 19.5 Å². The van der Waals surface area contributed by atoms with E-state index < -0.39 is 0 Å². The van der Waals surface area contributed by atoms with Gasteiger partial charge < -0.3 is 19.5 Å². The molecular weight excluding hydrogens is 590 g/mol. The van der Waals surface area contributed by atoms with E-state index in [1.54, 1.807) is 27.8 Å². The van der Waals surface area contributed by atoms with Crippen LogP contribution in [0.2, 0.25) is 0 Å². The summed E-state index contributed by atoms with van der Waals surface area (Å²) in [4.78, 5) is 8.85. The Kier molecular flexibility index (Phi) is 8.30. The van der Waals surface area contributed by atoms with E-state index in [0.717, 1.165) is 41.8 Å². The van der Waals surface area contributed by atoms with Crippen molar-refractivity contribution in [2.45, 2.75) is 6.42 Å². The number of aromatic nitrogens is 2. The van der Waals surface area contributed by atoms with Gasteiger partial charge in [0.05, 0.1) is 25.8 Å². The Morgan fingerprint density at radius 2 is 1.81 bits per heavy atom. The van der Waals surface area contributed by atoms with E-state index >= 15 is 0 Å². The number of fused-ring (bicyclic) bond motifs is 1. The number of hydrogen-bond acceptors (Lipinski definition) is 9. The normalized spacial score (nSPS) is 10.9. The van der Waals surface area contributed by atoms with Gasteiger partial charge in [-0.15, -0.1) is 0 Å². The van der Waals surface area contributed by atoms with Crippen LogP contribution in [0.4, 0.5) is 11.5 Å². The van der Waals surface area contributed by atoms with Crippen molar-refractivity contribution < 1.29 is 14.2 Å². The third kappa shape index (κ3) is 6.27. The molecule has 10 heteroatoms. The molecule has 0 amide bonds. The lowest BCUT2D eigenvalue weighted by molar-refractivity contribution is 0.240. The van der Waals surface area contributed by atoms with Gasteiger partial charge in [-0.05, 0) is 42.0 Å². The molecule has 0 saturated heterocycles. The summed E-state index contributed by atoms with van der Waals surface area (Å²) < 4.78 is 19.4. The van der Waals surface area contributed by atoms with Crippen LogP contribution in [0.5, 0.6) is 17.2 Å². The van der Waals surface area contributed by atoms with Crippen LogP contribution in [0.1, 0.15) is 6.42 Å².